The lowest BCUT2D eigenvalue weighted by atomic mass is 9.81. The molecule has 0 aromatic heterocycles. The van der Waals surface area contributed by atoms with Crippen LogP contribution in [-0.2, 0) is 0 Å². The molecule has 1 aliphatic rings. The fourth-order valence-corrected chi connectivity index (χ4v) is 3.00. The molecule has 23 heavy (non-hydrogen) atoms. The van der Waals surface area contributed by atoms with Gasteiger partial charge in [0.15, 0.2) is 11.5 Å². The van der Waals surface area contributed by atoms with Crippen LogP contribution in [0.3, 0.4) is 0 Å². The van der Waals surface area contributed by atoms with Crippen LogP contribution in [-0.4, -0.2) is 39.3 Å². The molecule has 0 spiro atoms. The van der Waals surface area contributed by atoms with Crippen LogP contribution in [0.4, 0.5) is 0 Å². The molecule has 2 rings (SSSR count). The van der Waals surface area contributed by atoms with Gasteiger partial charge in [0.1, 0.15) is 0 Å². The highest BCUT2D eigenvalue weighted by Crippen LogP contribution is 2.36. The van der Waals surface area contributed by atoms with Crippen LogP contribution in [0.15, 0.2) is 12.1 Å². The summed E-state index contributed by atoms with van der Waals surface area (Å²) in [6, 6.07) is 3.28. The van der Waals surface area contributed by atoms with Crippen molar-refractivity contribution in [3.05, 3.63) is 22.7 Å². The summed E-state index contributed by atoms with van der Waals surface area (Å²) in [6.45, 7) is 7.20. The Labute approximate surface area is 142 Å². The van der Waals surface area contributed by atoms with Gasteiger partial charge in [0.2, 0.25) is 0 Å². The number of ether oxygens (including phenoxy) is 2. The molecule has 0 bridgehead atoms. The summed E-state index contributed by atoms with van der Waals surface area (Å²) in [5, 5.41) is 6.74. The average Bonchev–Trinajstić information content (AvgIpc) is 2.55. The van der Waals surface area contributed by atoms with E-state index in [-0.39, 0.29) is 11.3 Å². The summed E-state index contributed by atoms with van der Waals surface area (Å²) >= 11 is 6.22. The van der Waals surface area contributed by atoms with E-state index in [0.717, 1.165) is 25.9 Å². The first-order valence-corrected chi connectivity index (χ1v) is 8.36. The molecular formula is C17H25ClN2O3. The number of carbonyl (C=O) groups excluding carboxylic acids is 1. The maximum Gasteiger partial charge on any atom is 0.251 e. The summed E-state index contributed by atoms with van der Waals surface area (Å²) in [5.41, 5.74) is 0.618. The average molecular weight is 341 g/mol. The van der Waals surface area contributed by atoms with E-state index in [0.29, 0.717) is 35.2 Å². The van der Waals surface area contributed by atoms with Gasteiger partial charge in [-0.15, -0.1) is 0 Å². The summed E-state index contributed by atoms with van der Waals surface area (Å²) in [7, 11) is 1.53. The molecule has 1 amide bonds. The molecule has 5 nitrogen and oxygen atoms in total. The number of benzene rings is 1. The van der Waals surface area contributed by atoms with Crippen molar-refractivity contribution >= 4 is 17.5 Å². The summed E-state index contributed by atoms with van der Waals surface area (Å²) in [6.07, 6.45) is 2.11. The fourth-order valence-electron chi connectivity index (χ4n) is 2.74. The van der Waals surface area contributed by atoms with Gasteiger partial charge in [0.05, 0.1) is 18.7 Å². The Balaban J connectivity index is 2.08. The van der Waals surface area contributed by atoms with Crippen LogP contribution < -0.4 is 20.1 Å². The van der Waals surface area contributed by atoms with E-state index in [2.05, 4.69) is 17.6 Å². The minimum atomic E-state index is -0.145. The van der Waals surface area contributed by atoms with Gasteiger partial charge in [0.25, 0.3) is 5.91 Å². The number of piperidine rings is 1. The molecule has 1 saturated heterocycles. The van der Waals surface area contributed by atoms with Crippen molar-refractivity contribution < 1.29 is 14.3 Å². The molecule has 1 heterocycles. The third-order valence-electron chi connectivity index (χ3n) is 4.27. The summed E-state index contributed by atoms with van der Waals surface area (Å²) in [5.74, 6) is 0.795. The van der Waals surface area contributed by atoms with Gasteiger partial charge < -0.3 is 20.1 Å². The van der Waals surface area contributed by atoms with E-state index in [4.69, 9.17) is 21.1 Å². The zero-order valence-corrected chi connectivity index (χ0v) is 14.8. The predicted octanol–water partition coefficient (Wildman–Crippen LogP) is 2.87. The lowest BCUT2D eigenvalue weighted by molar-refractivity contribution is 0.0922. The maximum atomic E-state index is 12.4. The van der Waals surface area contributed by atoms with E-state index in [1.165, 1.54) is 7.11 Å². The zero-order chi connectivity index (χ0) is 16.9. The number of hydrogen-bond acceptors (Lipinski definition) is 4. The molecule has 6 heteroatoms. The first-order valence-electron chi connectivity index (χ1n) is 7.98. The molecular weight excluding hydrogens is 316 g/mol. The molecule has 1 aliphatic heterocycles. The van der Waals surface area contributed by atoms with Crippen LogP contribution >= 0.6 is 11.6 Å². The van der Waals surface area contributed by atoms with E-state index in [1.807, 2.05) is 6.92 Å². The second kappa shape index (κ2) is 7.88. The zero-order valence-electron chi connectivity index (χ0n) is 14.0. The largest absolute Gasteiger partial charge is 0.493 e. The number of carbonyl (C=O) groups is 1. The van der Waals surface area contributed by atoms with Gasteiger partial charge in [-0.25, -0.2) is 0 Å². The lowest BCUT2D eigenvalue weighted by Crippen LogP contribution is -2.42. The number of methoxy groups -OCH3 is 1. The third-order valence-corrected chi connectivity index (χ3v) is 4.55. The Morgan fingerprint density at radius 2 is 2.09 bits per heavy atom. The topological polar surface area (TPSA) is 59.6 Å². The smallest absolute Gasteiger partial charge is 0.251 e. The fraction of sp³-hybridized carbons (Fsp3) is 0.588. The first kappa shape index (κ1) is 17.9. The Morgan fingerprint density at radius 1 is 1.39 bits per heavy atom. The van der Waals surface area contributed by atoms with Gasteiger partial charge in [-0.1, -0.05) is 18.5 Å². The normalized spacial score (nSPS) is 16.7. The lowest BCUT2D eigenvalue weighted by Gasteiger charge is -2.34. The molecule has 0 aliphatic carbocycles. The van der Waals surface area contributed by atoms with Crippen molar-refractivity contribution in [2.45, 2.75) is 26.7 Å². The van der Waals surface area contributed by atoms with Crippen molar-refractivity contribution in [3.8, 4) is 11.5 Å². The molecule has 1 aromatic rings. The third kappa shape index (κ3) is 4.52. The van der Waals surface area contributed by atoms with Gasteiger partial charge in [0, 0.05) is 12.1 Å². The van der Waals surface area contributed by atoms with Crippen LogP contribution in [0.1, 0.15) is 37.0 Å². The molecule has 1 aromatic carbocycles. The van der Waals surface area contributed by atoms with Crippen LogP contribution in [0.5, 0.6) is 11.5 Å². The molecule has 0 radical (unpaired) electrons. The Morgan fingerprint density at radius 3 is 2.70 bits per heavy atom. The highest BCUT2D eigenvalue weighted by molar-refractivity contribution is 6.32. The van der Waals surface area contributed by atoms with E-state index in [9.17, 15) is 4.79 Å². The number of nitrogens with one attached hydrogen (secondary N) is 2. The quantitative estimate of drug-likeness (QED) is 0.836. The molecule has 0 saturated carbocycles. The number of rotatable bonds is 6. The summed E-state index contributed by atoms with van der Waals surface area (Å²) < 4.78 is 10.8. The van der Waals surface area contributed by atoms with Gasteiger partial charge in [-0.05, 0) is 50.4 Å². The molecule has 0 atom stereocenters. The number of amides is 1. The Kier molecular flexibility index (Phi) is 6.13. The second-order valence-corrected chi connectivity index (χ2v) is 6.57. The van der Waals surface area contributed by atoms with Crippen LogP contribution in [0, 0.1) is 5.41 Å². The number of halogens is 1. The minimum absolute atomic E-state index is 0.139. The molecule has 1 fully saturated rings. The molecule has 0 unspecified atom stereocenters. The van der Waals surface area contributed by atoms with Crippen LogP contribution in [0.25, 0.3) is 0 Å². The second-order valence-electron chi connectivity index (χ2n) is 6.17. The standard InChI is InChI=1S/C17H25ClN2O3/c1-4-23-15-13(18)9-12(10-14(15)22-3)16(21)20-11-17(2)5-7-19-8-6-17/h9-10,19H,4-8,11H2,1-3H3,(H,20,21). The first-order chi connectivity index (χ1) is 11.0. The molecule has 2 N–H and O–H groups in total. The van der Waals surface area contributed by atoms with Crippen molar-refractivity contribution in [2.24, 2.45) is 5.41 Å². The highest BCUT2D eigenvalue weighted by atomic mass is 35.5. The van der Waals surface area contributed by atoms with E-state index in [1.54, 1.807) is 12.1 Å². The van der Waals surface area contributed by atoms with Gasteiger partial charge in [-0.3, -0.25) is 4.79 Å². The summed E-state index contributed by atoms with van der Waals surface area (Å²) in [4.78, 5) is 12.4. The SMILES string of the molecule is CCOc1c(Cl)cc(C(=O)NCC2(C)CCNCC2)cc1OC. The van der Waals surface area contributed by atoms with Crippen molar-refractivity contribution in [2.75, 3.05) is 33.4 Å². The number of hydrogen-bond donors (Lipinski definition) is 2. The van der Waals surface area contributed by atoms with E-state index < -0.39 is 0 Å². The van der Waals surface area contributed by atoms with Gasteiger partial charge in [-0.2, -0.15) is 0 Å². The van der Waals surface area contributed by atoms with Crippen molar-refractivity contribution in [1.82, 2.24) is 10.6 Å². The van der Waals surface area contributed by atoms with Gasteiger partial charge >= 0.3 is 0 Å². The van der Waals surface area contributed by atoms with Crippen LogP contribution in [0.2, 0.25) is 5.02 Å². The monoisotopic (exact) mass is 340 g/mol. The minimum Gasteiger partial charge on any atom is -0.493 e. The van der Waals surface area contributed by atoms with Crippen molar-refractivity contribution in [1.29, 1.82) is 0 Å². The highest BCUT2D eigenvalue weighted by Gasteiger charge is 2.27. The van der Waals surface area contributed by atoms with Crippen molar-refractivity contribution in [3.63, 3.8) is 0 Å². The maximum absolute atomic E-state index is 12.4. The Hall–Kier alpha value is -1.46. The predicted molar refractivity (Wildman–Crippen MR) is 91.7 cm³/mol. The molecule has 128 valence electrons. The Bertz CT molecular complexity index is 557. The van der Waals surface area contributed by atoms with E-state index >= 15 is 0 Å².